The molecule has 92 valence electrons. The van der Waals surface area contributed by atoms with E-state index in [1.165, 1.54) is 43.2 Å². The summed E-state index contributed by atoms with van der Waals surface area (Å²) in [6.45, 7) is 2.34. The van der Waals surface area contributed by atoms with Crippen LogP contribution in [0.1, 0.15) is 49.8 Å². The van der Waals surface area contributed by atoms with E-state index in [2.05, 4.69) is 24.4 Å². The molecule has 0 radical (unpaired) electrons. The highest BCUT2D eigenvalue weighted by atomic mass is 35.5. The van der Waals surface area contributed by atoms with Crippen LogP contribution in [0.5, 0.6) is 0 Å². The molecule has 1 fully saturated rings. The molecular weight excluding hydrogens is 230 g/mol. The van der Waals surface area contributed by atoms with Crippen LogP contribution in [0, 0.1) is 5.92 Å². The lowest BCUT2D eigenvalue weighted by atomic mass is 9.80. The van der Waals surface area contributed by atoms with Gasteiger partial charge in [-0.05, 0) is 61.8 Å². The van der Waals surface area contributed by atoms with Crippen LogP contribution in [-0.2, 0) is 6.42 Å². The predicted molar refractivity (Wildman–Crippen MR) is 72.5 cm³/mol. The first-order valence-corrected chi connectivity index (χ1v) is 7.16. The highest BCUT2D eigenvalue weighted by molar-refractivity contribution is 6.30. The number of hydrogen-bond donors (Lipinski definition) is 1. The molecule has 1 N–H and O–H groups in total. The standard InChI is InChI=1S/C15H20ClN/c1-10(11-3-2-4-11)17-15-8-5-12-9-13(16)6-7-14(12)15/h6-7,9-11,15,17H,2-5,8H2,1H3. The number of nitrogens with one attached hydrogen (secondary N) is 1. The van der Waals surface area contributed by atoms with Crippen LogP contribution in [0.2, 0.25) is 5.02 Å². The Labute approximate surface area is 109 Å². The van der Waals surface area contributed by atoms with Crippen molar-refractivity contribution in [2.24, 2.45) is 5.92 Å². The van der Waals surface area contributed by atoms with E-state index < -0.39 is 0 Å². The molecule has 2 aliphatic carbocycles. The van der Waals surface area contributed by atoms with Gasteiger partial charge in [-0.3, -0.25) is 0 Å². The topological polar surface area (TPSA) is 12.0 Å². The number of rotatable bonds is 3. The summed E-state index contributed by atoms with van der Waals surface area (Å²) in [5, 5.41) is 4.69. The molecule has 2 unspecified atom stereocenters. The Balaban J connectivity index is 1.70. The number of hydrogen-bond acceptors (Lipinski definition) is 1. The molecule has 1 aromatic rings. The van der Waals surface area contributed by atoms with Crippen LogP contribution in [-0.4, -0.2) is 6.04 Å². The largest absolute Gasteiger partial charge is 0.307 e. The van der Waals surface area contributed by atoms with Gasteiger partial charge in [0.1, 0.15) is 0 Å². The van der Waals surface area contributed by atoms with Crippen LogP contribution < -0.4 is 5.32 Å². The average molecular weight is 250 g/mol. The van der Waals surface area contributed by atoms with Crippen molar-refractivity contribution in [1.29, 1.82) is 0 Å². The molecule has 3 rings (SSSR count). The van der Waals surface area contributed by atoms with Gasteiger partial charge in [-0.15, -0.1) is 0 Å². The van der Waals surface area contributed by atoms with Crippen molar-refractivity contribution in [3.63, 3.8) is 0 Å². The maximum absolute atomic E-state index is 6.04. The maximum atomic E-state index is 6.04. The number of aryl methyl sites for hydroxylation is 1. The average Bonchev–Trinajstić information content (AvgIpc) is 2.58. The van der Waals surface area contributed by atoms with Gasteiger partial charge in [-0.2, -0.15) is 0 Å². The van der Waals surface area contributed by atoms with E-state index >= 15 is 0 Å². The van der Waals surface area contributed by atoms with Gasteiger partial charge < -0.3 is 5.32 Å². The lowest BCUT2D eigenvalue weighted by molar-refractivity contribution is 0.226. The lowest BCUT2D eigenvalue weighted by Crippen LogP contribution is -2.38. The van der Waals surface area contributed by atoms with E-state index in [-0.39, 0.29) is 0 Å². The van der Waals surface area contributed by atoms with E-state index in [4.69, 9.17) is 11.6 Å². The fourth-order valence-corrected chi connectivity index (χ4v) is 3.35. The zero-order valence-corrected chi connectivity index (χ0v) is 11.1. The van der Waals surface area contributed by atoms with Crippen LogP contribution in [0.4, 0.5) is 0 Å². The van der Waals surface area contributed by atoms with Crippen molar-refractivity contribution < 1.29 is 0 Å². The molecule has 0 aliphatic heterocycles. The van der Waals surface area contributed by atoms with Crippen molar-refractivity contribution in [3.05, 3.63) is 34.3 Å². The van der Waals surface area contributed by atoms with Crippen molar-refractivity contribution in [1.82, 2.24) is 5.32 Å². The fraction of sp³-hybridized carbons (Fsp3) is 0.600. The molecule has 1 nitrogen and oxygen atoms in total. The van der Waals surface area contributed by atoms with E-state index in [1.54, 1.807) is 0 Å². The summed E-state index contributed by atoms with van der Waals surface area (Å²) in [6.07, 6.45) is 6.65. The van der Waals surface area contributed by atoms with E-state index in [1.807, 2.05) is 6.07 Å². The first kappa shape index (κ1) is 11.6. The molecule has 17 heavy (non-hydrogen) atoms. The fourth-order valence-electron chi connectivity index (χ4n) is 3.15. The molecule has 0 bridgehead atoms. The molecule has 2 heteroatoms. The molecule has 0 aromatic heterocycles. The Hall–Kier alpha value is -0.530. The highest BCUT2D eigenvalue weighted by Gasteiger charge is 2.28. The summed E-state index contributed by atoms with van der Waals surface area (Å²) < 4.78 is 0. The van der Waals surface area contributed by atoms with Gasteiger partial charge >= 0.3 is 0 Å². The third-order valence-corrected chi connectivity index (χ3v) is 4.74. The summed E-state index contributed by atoms with van der Waals surface area (Å²) in [4.78, 5) is 0. The summed E-state index contributed by atoms with van der Waals surface area (Å²) in [5.41, 5.74) is 2.91. The van der Waals surface area contributed by atoms with E-state index in [9.17, 15) is 0 Å². The molecule has 0 spiro atoms. The predicted octanol–water partition coefficient (Wildman–Crippen LogP) is 4.11. The molecule has 1 saturated carbocycles. The van der Waals surface area contributed by atoms with Crippen molar-refractivity contribution in [2.45, 2.75) is 51.1 Å². The molecule has 0 heterocycles. The number of halogens is 1. The van der Waals surface area contributed by atoms with E-state index in [0.29, 0.717) is 12.1 Å². The Kier molecular flexibility index (Phi) is 3.14. The smallest absolute Gasteiger partial charge is 0.0408 e. The monoisotopic (exact) mass is 249 g/mol. The molecule has 0 saturated heterocycles. The van der Waals surface area contributed by atoms with Gasteiger partial charge in [-0.25, -0.2) is 0 Å². The minimum absolute atomic E-state index is 0.554. The minimum Gasteiger partial charge on any atom is -0.307 e. The lowest BCUT2D eigenvalue weighted by Gasteiger charge is -2.34. The quantitative estimate of drug-likeness (QED) is 0.850. The van der Waals surface area contributed by atoms with Gasteiger partial charge in [-0.1, -0.05) is 24.1 Å². The van der Waals surface area contributed by atoms with Gasteiger partial charge in [0.05, 0.1) is 0 Å². The Bertz CT molecular complexity index is 411. The van der Waals surface area contributed by atoms with Crippen LogP contribution in [0.15, 0.2) is 18.2 Å². The third kappa shape index (κ3) is 2.23. The van der Waals surface area contributed by atoms with Gasteiger partial charge in [0.25, 0.3) is 0 Å². The second-order valence-electron chi connectivity index (χ2n) is 5.58. The number of fused-ring (bicyclic) bond motifs is 1. The molecule has 2 aliphatic rings. The first-order valence-electron chi connectivity index (χ1n) is 6.78. The van der Waals surface area contributed by atoms with Crippen LogP contribution >= 0.6 is 11.6 Å². The number of benzene rings is 1. The van der Waals surface area contributed by atoms with Crippen LogP contribution in [0.3, 0.4) is 0 Å². The minimum atomic E-state index is 0.554. The summed E-state index contributed by atoms with van der Waals surface area (Å²) in [6, 6.07) is 7.57. The zero-order valence-electron chi connectivity index (χ0n) is 10.4. The Morgan fingerprint density at radius 2 is 2.12 bits per heavy atom. The van der Waals surface area contributed by atoms with Crippen molar-refractivity contribution >= 4 is 11.6 Å². The van der Waals surface area contributed by atoms with Gasteiger partial charge in [0.15, 0.2) is 0 Å². The maximum Gasteiger partial charge on any atom is 0.0408 e. The second-order valence-corrected chi connectivity index (χ2v) is 6.02. The van der Waals surface area contributed by atoms with E-state index in [0.717, 1.165) is 10.9 Å². The van der Waals surface area contributed by atoms with Crippen molar-refractivity contribution in [3.8, 4) is 0 Å². The summed E-state index contributed by atoms with van der Waals surface area (Å²) in [5.74, 6) is 0.909. The Morgan fingerprint density at radius 3 is 2.82 bits per heavy atom. The Morgan fingerprint density at radius 1 is 1.29 bits per heavy atom. The third-order valence-electron chi connectivity index (χ3n) is 4.50. The summed E-state index contributed by atoms with van der Waals surface area (Å²) in [7, 11) is 0. The first-order chi connectivity index (χ1) is 8.24. The normalized spacial score (nSPS) is 25.4. The van der Waals surface area contributed by atoms with Gasteiger partial charge in [0, 0.05) is 17.1 Å². The highest BCUT2D eigenvalue weighted by Crippen LogP contribution is 2.36. The molecular formula is C15H20ClN. The SMILES string of the molecule is CC(NC1CCc2cc(Cl)ccc21)C1CCC1. The molecule has 2 atom stereocenters. The van der Waals surface area contributed by atoms with Crippen LogP contribution in [0.25, 0.3) is 0 Å². The van der Waals surface area contributed by atoms with Gasteiger partial charge in [0.2, 0.25) is 0 Å². The summed E-state index contributed by atoms with van der Waals surface area (Å²) >= 11 is 6.04. The molecule has 1 aromatic carbocycles. The zero-order chi connectivity index (χ0) is 11.8. The molecule has 0 amide bonds. The van der Waals surface area contributed by atoms with Crippen molar-refractivity contribution in [2.75, 3.05) is 0 Å². The second kappa shape index (κ2) is 4.62.